The van der Waals surface area contributed by atoms with Gasteiger partial charge in [0.05, 0.1) is 38.6 Å². The molecule has 2 aliphatic heterocycles. The summed E-state index contributed by atoms with van der Waals surface area (Å²) < 4.78 is 5.52. The smallest absolute Gasteiger partial charge is 0.317 e. The topological polar surface area (TPSA) is 301 Å². The predicted molar refractivity (Wildman–Crippen MR) is 236 cm³/mol. The fraction of sp³-hybridized carbons (Fsp3) is 0.467. The van der Waals surface area contributed by atoms with Crippen LogP contribution in [0.5, 0.6) is 5.75 Å². The van der Waals surface area contributed by atoms with Crippen LogP contribution in [0.1, 0.15) is 40.7 Å². The van der Waals surface area contributed by atoms with E-state index in [9.17, 15) is 68.4 Å². The quantitative estimate of drug-likeness (QED) is 0.0654. The van der Waals surface area contributed by atoms with Crippen molar-refractivity contribution in [3.63, 3.8) is 0 Å². The van der Waals surface area contributed by atoms with Crippen molar-refractivity contribution in [2.24, 2.45) is 5.92 Å². The van der Waals surface area contributed by atoms with Crippen molar-refractivity contribution < 1.29 is 113 Å². The fourth-order valence-corrected chi connectivity index (χ4v) is 7.27. The van der Waals surface area contributed by atoms with Crippen LogP contribution >= 0.6 is 0 Å². The largest absolute Gasteiger partial charge is 0.486 e. The minimum Gasteiger partial charge on any atom is -0.486 e. The Bertz CT molecular complexity index is 2110. The van der Waals surface area contributed by atoms with E-state index in [-0.39, 0.29) is 169 Å². The molecule has 4 rings (SSSR count). The number of ether oxygens (including phenoxy) is 1. The zero-order chi connectivity index (χ0) is 48.9. The third-order valence-electron chi connectivity index (χ3n) is 10.9. The monoisotopic (exact) mass is 1090 g/mol. The summed E-state index contributed by atoms with van der Waals surface area (Å²) in [6.07, 6.45) is 2.38. The number of nitrogens with one attached hydrogen (secondary N) is 2. The molecule has 0 aliphatic carbocycles. The number of imide groups is 1. The van der Waals surface area contributed by atoms with Gasteiger partial charge in [-0.05, 0) is 48.2 Å². The van der Waals surface area contributed by atoms with Gasteiger partial charge in [0.1, 0.15) is 12.4 Å². The van der Waals surface area contributed by atoms with Crippen molar-refractivity contribution in [1.82, 2.24) is 35.1 Å². The summed E-state index contributed by atoms with van der Waals surface area (Å²) >= 11 is 0. The molecule has 22 nitrogen and oxygen atoms in total. The molecule has 4 amide bonds. The van der Waals surface area contributed by atoms with E-state index >= 15 is 0 Å². The van der Waals surface area contributed by atoms with Crippen molar-refractivity contribution in [3.05, 3.63) is 77.4 Å². The number of benzene rings is 2. The Kier molecular flexibility index (Phi) is 24.5. The molecule has 370 valence electrons. The molecule has 6 N–H and O–H groups in total. The summed E-state index contributed by atoms with van der Waals surface area (Å²) in [5, 5.41) is 43.5. The SMILES string of the molecule is O=C(O)CN1CCN(CC(=O)O)CCN(CC(=O)NCc2cccc(C(=O)NCC(=O)C[C@@H](Cc3ccc(OCC(=O)CCCN4C(=O)C=CC4=O)cc3)C(=O)O)c2)CCN(CC(=O)O)CC1.[Gd]. The van der Waals surface area contributed by atoms with E-state index in [1.54, 1.807) is 56.0 Å². The average molecular weight is 1090 g/mol. The first kappa shape index (κ1) is 56.8. The van der Waals surface area contributed by atoms with Gasteiger partial charge in [0.25, 0.3) is 17.7 Å². The average Bonchev–Trinajstić information content (AvgIpc) is 3.60. The number of hydrogen-bond acceptors (Lipinski definition) is 15. The van der Waals surface area contributed by atoms with Crippen LogP contribution in [0.25, 0.3) is 0 Å². The van der Waals surface area contributed by atoms with E-state index in [0.29, 0.717) is 23.3 Å². The Morgan fingerprint density at radius 1 is 0.632 bits per heavy atom. The molecule has 23 heteroatoms. The van der Waals surface area contributed by atoms with Crippen molar-refractivity contribution in [1.29, 1.82) is 0 Å². The predicted octanol–water partition coefficient (Wildman–Crippen LogP) is -0.936. The van der Waals surface area contributed by atoms with Gasteiger partial charge in [-0.25, -0.2) is 0 Å². The third-order valence-corrected chi connectivity index (χ3v) is 10.9. The number of carbonyl (C=O) groups excluding carboxylic acids is 6. The Hall–Kier alpha value is -5.56. The van der Waals surface area contributed by atoms with Gasteiger partial charge in [-0.15, -0.1) is 0 Å². The van der Waals surface area contributed by atoms with Gasteiger partial charge in [0, 0.05) is 136 Å². The van der Waals surface area contributed by atoms with E-state index < -0.39 is 65.8 Å². The number of carbonyl (C=O) groups is 10. The maximum Gasteiger partial charge on any atom is 0.317 e. The summed E-state index contributed by atoms with van der Waals surface area (Å²) in [5.74, 6) is -7.72. The van der Waals surface area contributed by atoms with Gasteiger partial charge in [0.2, 0.25) is 5.91 Å². The van der Waals surface area contributed by atoms with Gasteiger partial charge in [0.15, 0.2) is 11.6 Å². The number of carboxylic acid groups (broad SMARTS) is 4. The summed E-state index contributed by atoms with van der Waals surface area (Å²) in [6.45, 7) is 0.414. The molecule has 0 saturated carbocycles. The number of ketones is 2. The number of Topliss-reactive ketones (excluding diaryl/α,β-unsaturated/α-hetero) is 2. The Morgan fingerprint density at radius 2 is 1.15 bits per heavy atom. The van der Waals surface area contributed by atoms with E-state index in [4.69, 9.17) is 4.74 Å². The van der Waals surface area contributed by atoms with Gasteiger partial charge in [-0.2, -0.15) is 0 Å². The number of carboxylic acids is 4. The van der Waals surface area contributed by atoms with Crippen molar-refractivity contribution >= 4 is 59.1 Å². The molecular formula is C45H57GdN7O15. The number of aliphatic carboxylic acids is 4. The van der Waals surface area contributed by atoms with Crippen molar-refractivity contribution in [2.45, 2.75) is 32.2 Å². The normalized spacial score (nSPS) is 15.9. The van der Waals surface area contributed by atoms with Crippen LogP contribution in [0.3, 0.4) is 0 Å². The molecule has 0 bridgehead atoms. The van der Waals surface area contributed by atoms with Crippen molar-refractivity contribution in [3.8, 4) is 5.75 Å². The van der Waals surface area contributed by atoms with Crippen LogP contribution in [0.4, 0.5) is 0 Å². The van der Waals surface area contributed by atoms with Gasteiger partial charge in [-0.1, -0.05) is 24.3 Å². The second kappa shape index (κ2) is 29.4. The molecule has 1 atom stereocenters. The van der Waals surface area contributed by atoms with Crippen LogP contribution in [0.15, 0.2) is 60.7 Å². The fourth-order valence-electron chi connectivity index (χ4n) is 7.27. The number of rotatable bonds is 25. The van der Waals surface area contributed by atoms with E-state index in [1.165, 1.54) is 24.3 Å². The first-order valence-electron chi connectivity index (χ1n) is 21.6. The molecule has 1 fully saturated rings. The Balaban J connectivity index is 0.0000122. The molecule has 1 saturated heterocycles. The standard InChI is InChI=1S/C45H57N7O15.Gd/c53-35(5-2-12-52-39(56)10-11-40(52)57)30-67-37-8-6-31(7-9-37)21-34(45(65)66)23-36(54)25-47-44(64)33-4-1-3-32(22-33)24-46-38(55)26-48-13-15-49(27-41(58)59)17-19-51(29-43(62)63)20-18-50(16-14-48)28-42(60)61;/h1,3-4,6-11,22,34H,2,5,12-21,23-30H2,(H,46,55)(H,47,64)(H,58,59)(H,60,61)(H,62,63)(H,65,66);/t34-;/m1./s1. The molecular weight excluding hydrogens is 1040 g/mol. The summed E-state index contributed by atoms with van der Waals surface area (Å²) in [6, 6.07) is 12.7. The summed E-state index contributed by atoms with van der Waals surface area (Å²) in [5.41, 5.74) is 1.34. The Labute approximate surface area is 424 Å². The van der Waals surface area contributed by atoms with Crippen molar-refractivity contribution in [2.75, 3.05) is 98.2 Å². The maximum absolute atomic E-state index is 13.2. The van der Waals surface area contributed by atoms with Crippen LogP contribution in [0.2, 0.25) is 0 Å². The minimum atomic E-state index is -1.21. The van der Waals surface area contributed by atoms with Crippen LogP contribution < -0.4 is 15.4 Å². The van der Waals surface area contributed by atoms with Crippen LogP contribution in [-0.4, -0.2) is 202 Å². The summed E-state index contributed by atoms with van der Waals surface area (Å²) in [4.78, 5) is 129. The van der Waals surface area contributed by atoms with Gasteiger partial charge >= 0.3 is 23.9 Å². The zero-order valence-corrected chi connectivity index (χ0v) is 39.6. The molecule has 2 aliphatic rings. The van der Waals surface area contributed by atoms with E-state index in [0.717, 1.165) is 4.90 Å². The molecule has 2 heterocycles. The first-order valence-corrected chi connectivity index (χ1v) is 21.6. The molecule has 68 heavy (non-hydrogen) atoms. The minimum absolute atomic E-state index is 0. The zero-order valence-electron chi connectivity index (χ0n) is 37.4. The summed E-state index contributed by atoms with van der Waals surface area (Å²) in [7, 11) is 0. The van der Waals surface area contributed by atoms with Gasteiger partial charge in [-0.3, -0.25) is 72.4 Å². The molecule has 0 unspecified atom stereocenters. The maximum atomic E-state index is 13.2. The van der Waals surface area contributed by atoms with E-state index in [1.807, 2.05) is 0 Å². The molecule has 0 radical (unpaired) electrons. The first-order chi connectivity index (χ1) is 31.9. The Morgan fingerprint density at radius 3 is 1.65 bits per heavy atom. The van der Waals surface area contributed by atoms with E-state index in [2.05, 4.69) is 10.6 Å². The molecule has 2 aromatic rings. The van der Waals surface area contributed by atoms with Crippen LogP contribution in [0, 0.1) is 45.9 Å². The molecule has 2 aromatic carbocycles. The molecule has 0 aromatic heterocycles. The van der Waals surface area contributed by atoms with Gasteiger partial charge < -0.3 is 35.8 Å². The second-order valence-electron chi connectivity index (χ2n) is 16.2. The number of amides is 4. The number of nitrogens with zero attached hydrogens (tertiary/aromatic N) is 5. The number of hydrogen-bond donors (Lipinski definition) is 6. The second-order valence-corrected chi connectivity index (χ2v) is 16.2. The van der Waals surface area contributed by atoms with Crippen LogP contribution in [-0.2, 0) is 56.1 Å². The molecule has 0 spiro atoms. The third kappa shape index (κ3) is 21.2.